The molecule has 0 atom stereocenters. The fourth-order valence-electron chi connectivity index (χ4n) is 2.17. The number of hydrogen-bond acceptors (Lipinski definition) is 5. The molecule has 0 radical (unpaired) electrons. The lowest BCUT2D eigenvalue weighted by molar-refractivity contribution is 0.0600. The third-order valence-electron chi connectivity index (χ3n) is 3.44. The minimum absolute atomic E-state index is 0.0443. The molecule has 0 aliphatic rings. The molecule has 24 heavy (non-hydrogen) atoms. The van der Waals surface area contributed by atoms with Gasteiger partial charge in [0, 0.05) is 11.9 Å². The summed E-state index contributed by atoms with van der Waals surface area (Å²) in [4.78, 5) is 24.0. The van der Waals surface area contributed by atoms with Crippen LogP contribution in [-0.2, 0) is 14.6 Å². The van der Waals surface area contributed by atoms with Crippen molar-refractivity contribution in [1.82, 2.24) is 0 Å². The molecule has 1 N–H and O–H groups in total. The van der Waals surface area contributed by atoms with Gasteiger partial charge in [-0.3, -0.25) is 4.79 Å². The van der Waals surface area contributed by atoms with Crippen LogP contribution in [0.15, 0.2) is 47.4 Å². The van der Waals surface area contributed by atoms with Gasteiger partial charge in [-0.1, -0.05) is 18.2 Å². The summed E-state index contributed by atoms with van der Waals surface area (Å²) in [5.41, 5.74) is 1.47. The Balaban J connectivity index is 2.40. The Morgan fingerprint density at radius 3 is 2.38 bits per heavy atom. The first-order valence-electron chi connectivity index (χ1n) is 7.03. The van der Waals surface area contributed by atoms with Crippen LogP contribution in [0, 0.1) is 6.92 Å². The summed E-state index contributed by atoms with van der Waals surface area (Å²) in [6.07, 6.45) is 1.04. The molecule has 0 saturated carbocycles. The molecule has 2 aromatic carbocycles. The number of esters is 1. The quantitative estimate of drug-likeness (QED) is 0.858. The summed E-state index contributed by atoms with van der Waals surface area (Å²) in [7, 11) is -2.27. The second-order valence-corrected chi connectivity index (χ2v) is 7.23. The van der Waals surface area contributed by atoms with E-state index in [1.54, 1.807) is 31.2 Å². The Kier molecular flexibility index (Phi) is 5.04. The summed E-state index contributed by atoms with van der Waals surface area (Å²) >= 11 is 0. The molecule has 0 bridgehead atoms. The lowest BCUT2D eigenvalue weighted by Crippen LogP contribution is -2.17. The van der Waals surface area contributed by atoms with E-state index in [4.69, 9.17) is 0 Å². The molecule has 0 heterocycles. The van der Waals surface area contributed by atoms with Gasteiger partial charge >= 0.3 is 5.97 Å². The third kappa shape index (κ3) is 3.80. The van der Waals surface area contributed by atoms with Crippen LogP contribution in [0.1, 0.15) is 26.3 Å². The van der Waals surface area contributed by atoms with E-state index in [9.17, 15) is 18.0 Å². The van der Waals surface area contributed by atoms with Crippen LogP contribution < -0.4 is 5.32 Å². The number of aryl methyl sites for hydroxylation is 1. The molecule has 0 spiro atoms. The molecular weight excluding hydrogens is 330 g/mol. The molecule has 126 valence electrons. The summed E-state index contributed by atoms with van der Waals surface area (Å²) in [6.45, 7) is 1.76. The molecular formula is C17H17NO5S. The molecule has 1 amide bonds. The number of anilines is 1. The SMILES string of the molecule is COC(=O)c1ccc(C)c(NC(=O)c2ccccc2S(C)(=O)=O)c1. The van der Waals surface area contributed by atoms with E-state index in [0.717, 1.165) is 11.8 Å². The number of methoxy groups -OCH3 is 1. The highest BCUT2D eigenvalue weighted by Crippen LogP contribution is 2.21. The van der Waals surface area contributed by atoms with Crippen molar-refractivity contribution in [2.75, 3.05) is 18.7 Å². The van der Waals surface area contributed by atoms with Crippen molar-refractivity contribution in [2.24, 2.45) is 0 Å². The van der Waals surface area contributed by atoms with E-state index >= 15 is 0 Å². The summed E-state index contributed by atoms with van der Waals surface area (Å²) in [6, 6.07) is 10.7. The molecule has 6 nitrogen and oxygen atoms in total. The summed E-state index contributed by atoms with van der Waals surface area (Å²) in [5.74, 6) is -1.09. The zero-order valence-electron chi connectivity index (χ0n) is 13.5. The monoisotopic (exact) mass is 347 g/mol. The van der Waals surface area contributed by atoms with Crippen molar-refractivity contribution < 1.29 is 22.7 Å². The predicted molar refractivity (Wildman–Crippen MR) is 90.0 cm³/mol. The first-order chi connectivity index (χ1) is 11.2. The fourth-order valence-corrected chi connectivity index (χ4v) is 3.05. The lowest BCUT2D eigenvalue weighted by atomic mass is 10.1. The minimum Gasteiger partial charge on any atom is -0.465 e. The standard InChI is InChI=1S/C17H17NO5S/c1-11-8-9-12(17(20)23-2)10-14(11)18-16(19)13-6-4-5-7-15(13)24(3,21)22/h4-10H,1-3H3,(H,18,19). The van der Waals surface area contributed by atoms with E-state index < -0.39 is 21.7 Å². The molecule has 0 aliphatic heterocycles. The highest BCUT2D eigenvalue weighted by Gasteiger charge is 2.19. The molecule has 2 rings (SSSR count). The Labute approximate surface area is 140 Å². The molecule has 0 saturated heterocycles. The number of ether oxygens (including phenoxy) is 1. The minimum atomic E-state index is -3.54. The Morgan fingerprint density at radius 2 is 1.75 bits per heavy atom. The van der Waals surface area contributed by atoms with Gasteiger partial charge in [-0.05, 0) is 36.8 Å². The van der Waals surface area contributed by atoms with E-state index in [1.807, 2.05) is 0 Å². The maximum Gasteiger partial charge on any atom is 0.337 e. The third-order valence-corrected chi connectivity index (χ3v) is 4.59. The van der Waals surface area contributed by atoms with Gasteiger partial charge in [-0.2, -0.15) is 0 Å². The van der Waals surface area contributed by atoms with Gasteiger partial charge in [0.05, 0.1) is 23.1 Å². The molecule has 0 aliphatic carbocycles. The van der Waals surface area contributed by atoms with E-state index in [2.05, 4.69) is 10.1 Å². The molecule has 0 fully saturated rings. The zero-order chi connectivity index (χ0) is 17.9. The Bertz CT molecular complexity index is 903. The molecule has 7 heteroatoms. The summed E-state index contributed by atoms with van der Waals surface area (Å²) < 4.78 is 28.3. The predicted octanol–water partition coefficient (Wildman–Crippen LogP) is 2.44. The van der Waals surface area contributed by atoms with Gasteiger partial charge in [0.15, 0.2) is 9.84 Å². The molecule has 0 aromatic heterocycles. The van der Waals surface area contributed by atoms with Gasteiger partial charge in [0.25, 0.3) is 5.91 Å². The van der Waals surface area contributed by atoms with Crippen LogP contribution >= 0.6 is 0 Å². The van der Waals surface area contributed by atoms with Crippen LogP contribution in [0.3, 0.4) is 0 Å². The normalized spacial score (nSPS) is 11.0. The van der Waals surface area contributed by atoms with E-state index in [0.29, 0.717) is 5.69 Å². The number of benzene rings is 2. The number of rotatable bonds is 4. The van der Waals surface area contributed by atoms with Gasteiger partial charge in [0.2, 0.25) is 0 Å². The Hall–Kier alpha value is -2.67. The van der Waals surface area contributed by atoms with Crippen molar-refractivity contribution in [1.29, 1.82) is 0 Å². The van der Waals surface area contributed by atoms with E-state index in [1.165, 1.54) is 25.3 Å². The van der Waals surface area contributed by atoms with Crippen molar-refractivity contribution in [3.63, 3.8) is 0 Å². The number of hydrogen-bond donors (Lipinski definition) is 1. The van der Waals surface area contributed by atoms with Gasteiger partial charge in [-0.15, -0.1) is 0 Å². The van der Waals surface area contributed by atoms with Gasteiger partial charge < -0.3 is 10.1 Å². The zero-order valence-corrected chi connectivity index (χ0v) is 14.3. The van der Waals surface area contributed by atoms with Crippen molar-refractivity contribution >= 4 is 27.4 Å². The second kappa shape index (κ2) is 6.84. The molecule has 0 unspecified atom stereocenters. The van der Waals surface area contributed by atoms with Gasteiger partial charge in [0.1, 0.15) is 0 Å². The maximum atomic E-state index is 12.5. The van der Waals surface area contributed by atoms with Crippen molar-refractivity contribution in [2.45, 2.75) is 11.8 Å². The number of amides is 1. The van der Waals surface area contributed by atoms with Crippen molar-refractivity contribution in [3.05, 3.63) is 59.2 Å². The van der Waals surface area contributed by atoms with Crippen LogP contribution in [0.5, 0.6) is 0 Å². The highest BCUT2D eigenvalue weighted by atomic mass is 32.2. The average Bonchev–Trinajstić information content (AvgIpc) is 2.55. The first kappa shape index (κ1) is 17.7. The maximum absolute atomic E-state index is 12.5. The topological polar surface area (TPSA) is 89.5 Å². The second-order valence-electron chi connectivity index (χ2n) is 5.24. The van der Waals surface area contributed by atoms with Crippen LogP contribution in [0.4, 0.5) is 5.69 Å². The lowest BCUT2D eigenvalue weighted by Gasteiger charge is -2.12. The largest absolute Gasteiger partial charge is 0.465 e. The fraction of sp³-hybridized carbons (Fsp3) is 0.176. The number of nitrogens with one attached hydrogen (secondary N) is 1. The smallest absolute Gasteiger partial charge is 0.337 e. The van der Waals surface area contributed by atoms with Crippen molar-refractivity contribution in [3.8, 4) is 0 Å². The van der Waals surface area contributed by atoms with Crippen LogP contribution in [0.25, 0.3) is 0 Å². The Morgan fingerprint density at radius 1 is 1.08 bits per heavy atom. The van der Waals surface area contributed by atoms with Crippen LogP contribution in [0.2, 0.25) is 0 Å². The average molecular weight is 347 g/mol. The molecule has 2 aromatic rings. The first-order valence-corrected chi connectivity index (χ1v) is 8.92. The van der Waals surface area contributed by atoms with E-state index in [-0.39, 0.29) is 16.0 Å². The number of sulfone groups is 1. The highest BCUT2D eigenvalue weighted by molar-refractivity contribution is 7.90. The van der Waals surface area contributed by atoms with Crippen LogP contribution in [-0.4, -0.2) is 33.7 Å². The summed E-state index contributed by atoms with van der Waals surface area (Å²) in [5, 5.41) is 2.65. The van der Waals surface area contributed by atoms with Gasteiger partial charge in [-0.25, -0.2) is 13.2 Å². The number of carbonyl (C=O) groups excluding carboxylic acids is 2. The number of carbonyl (C=O) groups is 2.